The lowest BCUT2D eigenvalue weighted by Gasteiger charge is -2.59. The van der Waals surface area contributed by atoms with Crippen LogP contribution in [0.1, 0.15) is 51.0 Å². The fourth-order valence-corrected chi connectivity index (χ4v) is 5.79. The van der Waals surface area contributed by atoms with Gasteiger partial charge in [-0.05, 0) is 74.2 Å². The van der Waals surface area contributed by atoms with E-state index in [1.165, 1.54) is 24.8 Å². The molecule has 1 aromatic rings. The molecule has 1 aromatic carbocycles. The molecule has 4 bridgehead atoms. The Labute approximate surface area is 135 Å². The second-order valence-electron chi connectivity index (χ2n) is 7.87. The molecule has 2 heteroatoms. The first-order valence-electron chi connectivity index (χ1n) is 8.51. The van der Waals surface area contributed by atoms with Gasteiger partial charge in [0.15, 0.2) is 0 Å². The van der Waals surface area contributed by atoms with E-state index >= 15 is 0 Å². The summed E-state index contributed by atoms with van der Waals surface area (Å²) in [6.45, 7) is 3.49. The first kappa shape index (κ1) is 15.4. The molecule has 1 atom stereocenters. The lowest BCUT2D eigenvalue weighted by molar-refractivity contribution is -0.0706. The van der Waals surface area contributed by atoms with Crippen molar-refractivity contribution in [2.24, 2.45) is 23.2 Å². The van der Waals surface area contributed by atoms with Crippen LogP contribution in [0.15, 0.2) is 30.3 Å². The maximum absolute atomic E-state index is 3.86. The number of hydrogen-bond donors (Lipinski definition) is 1. The molecule has 21 heavy (non-hydrogen) atoms. The molecule has 4 aliphatic carbocycles. The van der Waals surface area contributed by atoms with Crippen molar-refractivity contribution in [1.82, 2.24) is 5.32 Å². The molecule has 0 amide bonds. The average molecular weight is 305 g/mol. The number of halogens is 1. The Hall–Kier alpha value is -0.530. The van der Waals surface area contributed by atoms with Crippen LogP contribution in [0.3, 0.4) is 0 Å². The molecule has 1 unspecified atom stereocenters. The molecule has 5 rings (SSSR count). The molecule has 1 N–H and O–H groups in total. The highest BCUT2D eigenvalue weighted by Gasteiger charge is 2.52. The normalized spacial score (nSPS) is 38.0. The largest absolute Gasteiger partial charge is 1.00 e. The molecule has 4 aliphatic rings. The molecule has 4 saturated carbocycles. The molecular formula is C19H27ClN-. The van der Waals surface area contributed by atoms with Crippen LogP contribution < -0.4 is 17.7 Å². The predicted octanol–water partition coefficient (Wildman–Crippen LogP) is 1.39. The molecule has 0 radical (unpaired) electrons. The lowest BCUT2D eigenvalue weighted by atomic mass is 9.48. The van der Waals surface area contributed by atoms with E-state index in [0.29, 0.717) is 11.5 Å². The van der Waals surface area contributed by atoms with Crippen molar-refractivity contribution in [3.8, 4) is 0 Å². The first-order chi connectivity index (χ1) is 9.73. The fourth-order valence-electron chi connectivity index (χ4n) is 5.79. The average Bonchev–Trinajstić information content (AvgIpc) is 2.44. The zero-order valence-electron chi connectivity index (χ0n) is 13.0. The van der Waals surface area contributed by atoms with Crippen LogP contribution in [0.4, 0.5) is 0 Å². The van der Waals surface area contributed by atoms with E-state index in [9.17, 15) is 0 Å². The molecule has 0 aromatic heterocycles. The summed E-state index contributed by atoms with van der Waals surface area (Å²) in [4.78, 5) is 0. The van der Waals surface area contributed by atoms with Gasteiger partial charge in [0.1, 0.15) is 0 Å². The Morgan fingerprint density at radius 1 is 1.00 bits per heavy atom. The van der Waals surface area contributed by atoms with Crippen molar-refractivity contribution < 1.29 is 12.4 Å². The molecular weight excluding hydrogens is 278 g/mol. The van der Waals surface area contributed by atoms with Gasteiger partial charge in [-0.3, -0.25) is 0 Å². The van der Waals surface area contributed by atoms with E-state index in [0.717, 1.165) is 24.3 Å². The molecule has 4 fully saturated rings. The topological polar surface area (TPSA) is 12.0 Å². The quantitative estimate of drug-likeness (QED) is 0.886. The second-order valence-corrected chi connectivity index (χ2v) is 7.87. The van der Waals surface area contributed by atoms with Crippen LogP contribution in [-0.4, -0.2) is 6.04 Å². The van der Waals surface area contributed by atoms with Crippen molar-refractivity contribution in [3.63, 3.8) is 0 Å². The van der Waals surface area contributed by atoms with E-state index in [-0.39, 0.29) is 12.4 Å². The number of rotatable bonds is 4. The van der Waals surface area contributed by atoms with Gasteiger partial charge in [0.25, 0.3) is 0 Å². The van der Waals surface area contributed by atoms with Crippen LogP contribution in [0.2, 0.25) is 0 Å². The van der Waals surface area contributed by atoms with Crippen molar-refractivity contribution in [3.05, 3.63) is 35.9 Å². The van der Waals surface area contributed by atoms with Gasteiger partial charge < -0.3 is 17.7 Å². The Morgan fingerprint density at radius 3 is 2.05 bits per heavy atom. The van der Waals surface area contributed by atoms with Gasteiger partial charge in [0, 0.05) is 12.6 Å². The van der Waals surface area contributed by atoms with Crippen LogP contribution in [0.25, 0.3) is 0 Å². The van der Waals surface area contributed by atoms with Crippen LogP contribution in [0, 0.1) is 23.2 Å². The summed E-state index contributed by atoms with van der Waals surface area (Å²) >= 11 is 0. The summed E-state index contributed by atoms with van der Waals surface area (Å²) in [5.41, 5.74) is 2.05. The minimum absolute atomic E-state index is 0. The summed E-state index contributed by atoms with van der Waals surface area (Å²) in [7, 11) is 0. The van der Waals surface area contributed by atoms with E-state index in [1.54, 1.807) is 19.3 Å². The van der Waals surface area contributed by atoms with E-state index in [1.807, 2.05) is 0 Å². The van der Waals surface area contributed by atoms with Crippen molar-refractivity contribution in [1.29, 1.82) is 0 Å². The molecule has 0 heterocycles. The molecule has 0 spiro atoms. The van der Waals surface area contributed by atoms with Gasteiger partial charge >= 0.3 is 0 Å². The number of nitrogens with one attached hydrogen (secondary N) is 1. The van der Waals surface area contributed by atoms with Crippen LogP contribution in [0.5, 0.6) is 0 Å². The SMILES string of the molecule is CC(NCc1ccccc1)C12CC3CC(CC(C3)C1)C2.[Cl-]. The smallest absolute Gasteiger partial charge is 0.0208 e. The van der Waals surface area contributed by atoms with E-state index in [2.05, 4.69) is 42.6 Å². The van der Waals surface area contributed by atoms with E-state index < -0.39 is 0 Å². The third-order valence-corrected chi connectivity index (χ3v) is 6.46. The van der Waals surface area contributed by atoms with Gasteiger partial charge in [-0.25, -0.2) is 0 Å². The van der Waals surface area contributed by atoms with Crippen LogP contribution in [-0.2, 0) is 6.54 Å². The van der Waals surface area contributed by atoms with Gasteiger partial charge in [0.05, 0.1) is 0 Å². The zero-order chi connectivity index (χ0) is 13.6. The molecule has 116 valence electrons. The third kappa shape index (κ3) is 2.87. The highest BCUT2D eigenvalue weighted by Crippen LogP contribution is 2.61. The molecule has 0 aliphatic heterocycles. The Balaban J connectivity index is 0.00000132. The standard InChI is InChI=1S/C19H27N.ClH/c1-14(20-13-15-5-3-2-4-6-15)19-10-16-7-17(11-19)9-18(8-16)12-19;/h2-6,14,16-18,20H,7-13H2,1H3;1H/p-1. The maximum atomic E-state index is 3.86. The predicted molar refractivity (Wildman–Crippen MR) is 83.3 cm³/mol. The van der Waals surface area contributed by atoms with Gasteiger partial charge in [-0.2, -0.15) is 0 Å². The second kappa shape index (κ2) is 5.93. The summed E-state index contributed by atoms with van der Waals surface area (Å²) in [5, 5.41) is 3.86. The Bertz CT molecular complexity index is 434. The number of benzene rings is 1. The van der Waals surface area contributed by atoms with E-state index in [4.69, 9.17) is 0 Å². The van der Waals surface area contributed by atoms with Crippen molar-refractivity contribution in [2.75, 3.05) is 0 Å². The Kier molecular flexibility index (Phi) is 4.34. The van der Waals surface area contributed by atoms with Gasteiger partial charge in [0.2, 0.25) is 0 Å². The van der Waals surface area contributed by atoms with Crippen molar-refractivity contribution in [2.45, 2.75) is 58.0 Å². The summed E-state index contributed by atoms with van der Waals surface area (Å²) < 4.78 is 0. The maximum Gasteiger partial charge on any atom is 0.0208 e. The zero-order valence-corrected chi connectivity index (χ0v) is 13.8. The molecule has 1 nitrogen and oxygen atoms in total. The molecule has 0 saturated heterocycles. The highest BCUT2D eigenvalue weighted by atomic mass is 35.5. The third-order valence-electron chi connectivity index (χ3n) is 6.46. The van der Waals surface area contributed by atoms with Gasteiger partial charge in [-0.15, -0.1) is 0 Å². The lowest BCUT2D eigenvalue weighted by Crippen LogP contribution is -3.00. The monoisotopic (exact) mass is 304 g/mol. The summed E-state index contributed by atoms with van der Waals surface area (Å²) in [5.74, 6) is 3.17. The minimum atomic E-state index is 0. The van der Waals surface area contributed by atoms with Gasteiger partial charge in [-0.1, -0.05) is 30.3 Å². The van der Waals surface area contributed by atoms with Crippen LogP contribution >= 0.6 is 0 Å². The summed E-state index contributed by atoms with van der Waals surface area (Å²) in [6.07, 6.45) is 9.14. The highest BCUT2D eigenvalue weighted by molar-refractivity contribution is 5.15. The van der Waals surface area contributed by atoms with Crippen molar-refractivity contribution >= 4 is 0 Å². The first-order valence-corrected chi connectivity index (χ1v) is 8.51. The summed E-state index contributed by atoms with van der Waals surface area (Å²) in [6, 6.07) is 11.5. The number of hydrogen-bond acceptors (Lipinski definition) is 1. The Morgan fingerprint density at radius 2 is 1.52 bits per heavy atom. The fraction of sp³-hybridized carbons (Fsp3) is 0.684. The minimum Gasteiger partial charge on any atom is -1.00 e.